The van der Waals surface area contributed by atoms with Gasteiger partial charge < -0.3 is 16.4 Å². The number of anilines is 3. The SMILES string of the molecule is Nc1nc(SCC(=O)Nc2ccc(F)cc2F)[nH]c(=O)c1NC(=O)c1ccc(Cl)cc1. The van der Waals surface area contributed by atoms with Crippen LogP contribution in [0.1, 0.15) is 10.4 Å². The van der Waals surface area contributed by atoms with Crippen LogP contribution in [0.3, 0.4) is 0 Å². The van der Waals surface area contributed by atoms with Gasteiger partial charge in [-0.25, -0.2) is 13.8 Å². The van der Waals surface area contributed by atoms with E-state index in [0.717, 1.165) is 23.9 Å². The van der Waals surface area contributed by atoms with E-state index < -0.39 is 29.0 Å². The maximum atomic E-state index is 13.6. The Hall–Kier alpha value is -3.44. The van der Waals surface area contributed by atoms with Crippen LogP contribution in [0.5, 0.6) is 0 Å². The summed E-state index contributed by atoms with van der Waals surface area (Å²) in [6.07, 6.45) is 0. The summed E-state index contributed by atoms with van der Waals surface area (Å²) in [5.74, 6) is -3.39. The lowest BCUT2D eigenvalue weighted by atomic mass is 10.2. The number of aromatic amines is 1. The molecule has 0 radical (unpaired) electrons. The number of hydrogen-bond donors (Lipinski definition) is 4. The first kappa shape index (κ1) is 22.2. The lowest BCUT2D eigenvalue weighted by molar-refractivity contribution is -0.113. The number of carbonyl (C=O) groups is 2. The van der Waals surface area contributed by atoms with Crippen molar-refractivity contribution < 1.29 is 18.4 Å². The van der Waals surface area contributed by atoms with Crippen molar-refractivity contribution in [2.24, 2.45) is 0 Å². The smallest absolute Gasteiger partial charge is 0.277 e. The number of nitrogens with zero attached hydrogens (tertiary/aromatic N) is 1. The van der Waals surface area contributed by atoms with Crippen LogP contribution >= 0.6 is 23.4 Å². The van der Waals surface area contributed by atoms with E-state index in [1.807, 2.05) is 0 Å². The Morgan fingerprint density at radius 1 is 1.13 bits per heavy atom. The van der Waals surface area contributed by atoms with Crippen molar-refractivity contribution in [2.45, 2.75) is 5.16 Å². The summed E-state index contributed by atoms with van der Waals surface area (Å²) in [5, 5.41) is 5.12. The molecule has 0 bridgehead atoms. The Bertz CT molecular complexity index is 1200. The Kier molecular flexibility index (Phi) is 6.88. The van der Waals surface area contributed by atoms with Gasteiger partial charge in [-0.15, -0.1) is 0 Å². The van der Waals surface area contributed by atoms with Gasteiger partial charge in [0.05, 0.1) is 11.4 Å². The summed E-state index contributed by atoms with van der Waals surface area (Å²) in [6.45, 7) is 0. The zero-order valence-electron chi connectivity index (χ0n) is 15.5. The lowest BCUT2D eigenvalue weighted by Crippen LogP contribution is -2.23. The van der Waals surface area contributed by atoms with Gasteiger partial charge in [-0.05, 0) is 36.4 Å². The van der Waals surface area contributed by atoms with Crippen LogP contribution in [0.2, 0.25) is 5.02 Å². The fourth-order valence-corrected chi connectivity index (χ4v) is 3.15. The Balaban J connectivity index is 1.64. The van der Waals surface area contributed by atoms with Crippen LogP contribution in [0.25, 0.3) is 0 Å². The molecule has 0 saturated heterocycles. The van der Waals surface area contributed by atoms with Crippen molar-refractivity contribution in [3.05, 3.63) is 75.0 Å². The highest BCUT2D eigenvalue weighted by atomic mass is 35.5. The third-order valence-corrected chi connectivity index (χ3v) is 4.94. The molecule has 0 aliphatic rings. The molecule has 0 saturated carbocycles. The van der Waals surface area contributed by atoms with E-state index in [-0.39, 0.29) is 33.7 Å². The number of thioether (sulfide) groups is 1. The second-order valence-corrected chi connectivity index (χ2v) is 7.45. The number of nitrogens with two attached hydrogens (primary N) is 1. The molecule has 0 unspecified atom stereocenters. The molecule has 0 atom stereocenters. The van der Waals surface area contributed by atoms with Crippen molar-refractivity contribution in [2.75, 3.05) is 22.1 Å². The fraction of sp³-hybridized carbons (Fsp3) is 0.0526. The first-order chi connectivity index (χ1) is 14.7. The number of nitrogens with one attached hydrogen (secondary N) is 3. The molecule has 3 rings (SSSR count). The van der Waals surface area contributed by atoms with Crippen LogP contribution in [-0.4, -0.2) is 27.5 Å². The molecule has 5 N–H and O–H groups in total. The minimum atomic E-state index is -0.921. The Morgan fingerprint density at radius 3 is 2.48 bits per heavy atom. The van der Waals surface area contributed by atoms with E-state index in [1.54, 1.807) is 0 Å². The monoisotopic (exact) mass is 465 g/mol. The van der Waals surface area contributed by atoms with Gasteiger partial charge in [0.25, 0.3) is 11.5 Å². The minimum Gasteiger partial charge on any atom is -0.382 e. The molecular formula is C19H14ClF2N5O3S. The van der Waals surface area contributed by atoms with Crippen molar-refractivity contribution in [1.29, 1.82) is 0 Å². The Morgan fingerprint density at radius 2 is 1.84 bits per heavy atom. The highest BCUT2D eigenvalue weighted by Crippen LogP contribution is 2.19. The molecule has 12 heteroatoms. The maximum Gasteiger partial charge on any atom is 0.277 e. The number of amides is 2. The standard InChI is InChI=1S/C19H14ClF2N5O3S/c20-10-3-1-9(2-4-10)17(29)25-15-16(23)26-19(27-18(15)30)31-8-14(28)24-13-6-5-11(21)7-12(13)22/h1-7H,8H2,(H,24,28)(H,25,29)(H3,23,26,27,30). The molecule has 0 spiro atoms. The van der Waals surface area contributed by atoms with Crippen molar-refractivity contribution in [3.8, 4) is 0 Å². The summed E-state index contributed by atoms with van der Waals surface area (Å²) in [5.41, 5.74) is 4.87. The minimum absolute atomic E-state index is 0.0155. The number of benzene rings is 2. The second-order valence-electron chi connectivity index (χ2n) is 6.05. The van der Waals surface area contributed by atoms with Gasteiger partial charge in [0.1, 0.15) is 17.3 Å². The van der Waals surface area contributed by atoms with Gasteiger partial charge in [-0.2, -0.15) is 0 Å². The molecule has 31 heavy (non-hydrogen) atoms. The summed E-state index contributed by atoms with van der Waals surface area (Å²) in [6, 6.07) is 8.71. The number of halogens is 3. The van der Waals surface area contributed by atoms with Crippen molar-refractivity contribution in [1.82, 2.24) is 9.97 Å². The lowest BCUT2D eigenvalue weighted by Gasteiger charge is -2.09. The van der Waals surface area contributed by atoms with Gasteiger partial charge in [0.15, 0.2) is 11.0 Å². The van der Waals surface area contributed by atoms with Gasteiger partial charge in [-0.1, -0.05) is 23.4 Å². The van der Waals surface area contributed by atoms with Crippen molar-refractivity contribution >= 4 is 52.4 Å². The number of nitrogen functional groups attached to an aromatic ring is 1. The third-order valence-electron chi connectivity index (χ3n) is 3.82. The maximum absolute atomic E-state index is 13.6. The van der Waals surface area contributed by atoms with Crippen LogP contribution in [0.4, 0.5) is 26.0 Å². The van der Waals surface area contributed by atoms with Crippen molar-refractivity contribution in [3.63, 3.8) is 0 Å². The number of carbonyl (C=O) groups excluding carboxylic acids is 2. The average molecular weight is 466 g/mol. The quantitative estimate of drug-likeness (QED) is 0.326. The van der Waals surface area contributed by atoms with Crippen LogP contribution < -0.4 is 21.9 Å². The molecule has 8 nitrogen and oxygen atoms in total. The fourth-order valence-electron chi connectivity index (χ4n) is 2.36. The van der Waals surface area contributed by atoms with Gasteiger partial charge in [-0.3, -0.25) is 19.4 Å². The summed E-state index contributed by atoms with van der Waals surface area (Å²) in [4.78, 5) is 42.9. The molecule has 1 aromatic heterocycles. The normalized spacial score (nSPS) is 10.5. The molecule has 160 valence electrons. The zero-order chi connectivity index (χ0) is 22.5. The topological polar surface area (TPSA) is 130 Å². The van der Waals surface area contributed by atoms with Crippen LogP contribution in [-0.2, 0) is 4.79 Å². The molecule has 0 fully saturated rings. The first-order valence-corrected chi connectivity index (χ1v) is 9.93. The van der Waals surface area contributed by atoms with E-state index in [0.29, 0.717) is 11.1 Å². The van der Waals surface area contributed by atoms with E-state index in [9.17, 15) is 23.2 Å². The first-order valence-electron chi connectivity index (χ1n) is 8.57. The number of rotatable bonds is 6. The molecule has 2 aromatic carbocycles. The zero-order valence-corrected chi connectivity index (χ0v) is 17.1. The summed E-state index contributed by atoms with van der Waals surface area (Å²) >= 11 is 6.60. The highest BCUT2D eigenvalue weighted by molar-refractivity contribution is 7.99. The average Bonchev–Trinajstić information content (AvgIpc) is 2.71. The second kappa shape index (κ2) is 9.58. The third kappa shape index (κ3) is 5.80. The number of H-pyrrole nitrogens is 1. The molecule has 0 aliphatic carbocycles. The summed E-state index contributed by atoms with van der Waals surface area (Å²) in [7, 11) is 0. The largest absolute Gasteiger partial charge is 0.382 e. The van der Waals surface area contributed by atoms with Gasteiger partial charge >= 0.3 is 0 Å². The molecular weight excluding hydrogens is 452 g/mol. The molecule has 0 aliphatic heterocycles. The van der Waals surface area contributed by atoms with E-state index in [2.05, 4.69) is 20.6 Å². The van der Waals surface area contributed by atoms with E-state index >= 15 is 0 Å². The van der Waals surface area contributed by atoms with E-state index in [4.69, 9.17) is 17.3 Å². The summed E-state index contributed by atoms with van der Waals surface area (Å²) < 4.78 is 26.5. The number of hydrogen-bond acceptors (Lipinski definition) is 6. The Labute approximate surface area is 183 Å². The predicted octanol–water partition coefficient (Wildman–Crippen LogP) is 3.27. The number of aromatic nitrogens is 2. The van der Waals surface area contributed by atoms with Crippen LogP contribution in [0, 0.1) is 11.6 Å². The highest BCUT2D eigenvalue weighted by Gasteiger charge is 2.15. The van der Waals surface area contributed by atoms with Gasteiger partial charge in [0, 0.05) is 16.7 Å². The molecule has 3 aromatic rings. The molecule has 2 amide bonds. The predicted molar refractivity (Wildman–Crippen MR) is 114 cm³/mol. The van der Waals surface area contributed by atoms with Gasteiger partial charge in [0.2, 0.25) is 5.91 Å². The van der Waals surface area contributed by atoms with E-state index in [1.165, 1.54) is 24.3 Å². The molecule has 1 heterocycles. The van der Waals surface area contributed by atoms with Crippen LogP contribution in [0.15, 0.2) is 52.4 Å².